The molecule has 0 fully saturated rings. The maximum atomic E-state index is 8.10. The smallest absolute Gasteiger partial charge is 0.194 e. The van der Waals surface area contributed by atoms with Crippen molar-refractivity contribution in [2.75, 3.05) is 4.90 Å². The first kappa shape index (κ1) is 30.7. The zero-order chi connectivity index (χ0) is 35.4. The summed E-state index contributed by atoms with van der Waals surface area (Å²) in [5, 5.41) is 2.42. The summed E-state index contributed by atoms with van der Waals surface area (Å²) in [4.78, 5) is 6.40. The van der Waals surface area contributed by atoms with Gasteiger partial charge in [-0.15, -0.1) is 0 Å². The number of aromatic nitrogens is 1. The molecule has 1 aromatic heterocycles. The fraction of sp³-hybridized carbons (Fsp3) is 0.0200. The van der Waals surface area contributed by atoms with Gasteiger partial charge in [0.05, 0.1) is 34.4 Å². The Labute approximate surface area is 309 Å². The molecule has 0 radical (unpaired) electrons. The Morgan fingerprint density at radius 2 is 0.906 bits per heavy atom. The van der Waals surface area contributed by atoms with Crippen molar-refractivity contribution in [1.82, 2.24) is 4.57 Å². The third-order valence-electron chi connectivity index (χ3n) is 10.8. The molecule has 3 nitrogen and oxygen atoms in total. The number of nitrogens with zero attached hydrogens (tertiary/aromatic N) is 3. The van der Waals surface area contributed by atoms with E-state index < -0.39 is 5.41 Å². The number of fused-ring (bicyclic) bond motifs is 5. The van der Waals surface area contributed by atoms with Gasteiger partial charge in [0.25, 0.3) is 0 Å². The van der Waals surface area contributed by atoms with Crippen molar-refractivity contribution in [3.05, 3.63) is 234 Å². The van der Waals surface area contributed by atoms with E-state index in [1.165, 1.54) is 33.0 Å². The van der Waals surface area contributed by atoms with Crippen LogP contribution >= 0.6 is 0 Å². The van der Waals surface area contributed by atoms with Gasteiger partial charge in [-0.05, 0) is 75.8 Å². The molecule has 0 N–H and O–H groups in total. The molecule has 0 saturated carbocycles. The van der Waals surface area contributed by atoms with Crippen molar-refractivity contribution in [3.63, 3.8) is 0 Å². The van der Waals surface area contributed by atoms with E-state index in [4.69, 9.17) is 6.57 Å². The maximum Gasteiger partial charge on any atom is 0.194 e. The van der Waals surface area contributed by atoms with Gasteiger partial charge in [-0.3, -0.25) is 0 Å². The van der Waals surface area contributed by atoms with E-state index in [0.717, 1.165) is 44.9 Å². The molecule has 1 aliphatic heterocycles. The molecule has 8 aromatic carbocycles. The zero-order valence-corrected chi connectivity index (χ0v) is 28.9. The van der Waals surface area contributed by atoms with Gasteiger partial charge in [0, 0.05) is 22.1 Å². The Bertz CT molecular complexity index is 2720. The van der Waals surface area contributed by atoms with Crippen LogP contribution in [0.1, 0.15) is 22.3 Å². The van der Waals surface area contributed by atoms with Gasteiger partial charge >= 0.3 is 0 Å². The lowest BCUT2D eigenvalue weighted by Gasteiger charge is -2.46. The minimum absolute atomic E-state index is 0.559. The largest absolute Gasteiger partial charge is 0.310 e. The van der Waals surface area contributed by atoms with E-state index >= 15 is 0 Å². The van der Waals surface area contributed by atoms with E-state index in [9.17, 15) is 0 Å². The first-order valence-electron chi connectivity index (χ1n) is 18.0. The standard InChI is InChI=1S/C50H33N3/c1-51-45-27-13-8-22-40(45)35-32-38(52-46-28-14-9-23-41(46)42-24-10-15-29-47(42)52)34-39(33-35)53-48-30-16-11-25-43(48)50(36-18-4-2-5-19-36,37-20-6-3-7-21-37)44-26-12-17-31-49(44)53/h2-34H. The summed E-state index contributed by atoms with van der Waals surface area (Å²) in [5.41, 5.74) is 13.4. The summed E-state index contributed by atoms with van der Waals surface area (Å²) in [6.07, 6.45) is 0. The second-order valence-electron chi connectivity index (χ2n) is 13.6. The molecule has 0 spiro atoms. The van der Waals surface area contributed by atoms with Gasteiger partial charge in [-0.2, -0.15) is 0 Å². The van der Waals surface area contributed by atoms with E-state index in [0.29, 0.717) is 5.69 Å². The van der Waals surface area contributed by atoms with Gasteiger partial charge in [0.2, 0.25) is 0 Å². The van der Waals surface area contributed by atoms with Crippen LogP contribution in [-0.4, -0.2) is 4.57 Å². The van der Waals surface area contributed by atoms with Crippen LogP contribution in [0.3, 0.4) is 0 Å². The lowest BCUT2D eigenvalue weighted by atomic mass is 9.62. The Hall–Kier alpha value is -7.15. The SMILES string of the molecule is [C-]#[N+]c1ccccc1-c1cc(N2c3ccccc3C(c3ccccc3)(c3ccccc3)c3ccccc32)cc(-n2c3ccccc3c3ccccc32)c1. The van der Waals surface area contributed by atoms with Crippen molar-refractivity contribution < 1.29 is 0 Å². The molecule has 3 heteroatoms. The molecule has 0 aliphatic carbocycles. The number of hydrogen-bond donors (Lipinski definition) is 0. The monoisotopic (exact) mass is 675 g/mol. The van der Waals surface area contributed by atoms with Crippen molar-refractivity contribution in [2.45, 2.75) is 5.41 Å². The summed E-state index contributed by atoms with van der Waals surface area (Å²) in [6, 6.07) is 71.6. The zero-order valence-electron chi connectivity index (χ0n) is 28.9. The molecule has 0 atom stereocenters. The van der Waals surface area contributed by atoms with Crippen LogP contribution in [0.15, 0.2) is 200 Å². The number of rotatable bonds is 5. The number of benzene rings is 8. The van der Waals surface area contributed by atoms with E-state index in [1.54, 1.807) is 0 Å². The molecular weight excluding hydrogens is 643 g/mol. The van der Waals surface area contributed by atoms with E-state index in [-0.39, 0.29) is 0 Å². The predicted molar refractivity (Wildman–Crippen MR) is 219 cm³/mol. The summed E-state index contributed by atoms with van der Waals surface area (Å²) in [7, 11) is 0. The number of hydrogen-bond acceptors (Lipinski definition) is 1. The lowest BCUT2D eigenvalue weighted by Crippen LogP contribution is -2.37. The van der Waals surface area contributed by atoms with Crippen LogP contribution in [0, 0.1) is 6.57 Å². The Balaban J connectivity index is 1.31. The normalized spacial score (nSPS) is 13.0. The van der Waals surface area contributed by atoms with E-state index in [1.807, 2.05) is 18.2 Å². The average Bonchev–Trinajstić information content (AvgIpc) is 3.57. The summed E-state index contributed by atoms with van der Waals surface area (Å²) >= 11 is 0. The molecule has 10 rings (SSSR count). The van der Waals surface area contributed by atoms with Gasteiger partial charge < -0.3 is 9.47 Å². The molecule has 248 valence electrons. The molecule has 0 bridgehead atoms. The van der Waals surface area contributed by atoms with Gasteiger partial charge in [0.1, 0.15) is 0 Å². The van der Waals surface area contributed by atoms with Gasteiger partial charge in [-0.1, -0.05) is 158 Å². The highest BCUT2D eigenvalue weighted by molar-refractivity contribution is 6.09. The first-order valence-corrected chi connectivity index (χ1v) is 18.0. The first-order chi connectivity index (χ1) is 26.3. The average molecular weight is 676 g/mol. The Kier molecular flexibility index (Phi) is 7.09. The van der Waals surface area contributed by atoms with Crippen LogP contribution in [0.25, 0.3) is 43.5 Å². The van der Waals surface area contributed by atoms with Crippen LogP contribution in [0.5, 0.6) is 0 Å². The summed E-state index contributed by atoms with van der Waals surface area (Å²) < 4.78 is 2.37. The van der Waals surface area contributed by atoms with Gasteiger partial charge in [0.15, 0.2) is 5.69 Å². The highest BCUT2D eigenvalue weighted by Gasteiger charge is 2.46. The maximum absolute atomic E-state index is 8.10. The topological polar surface area (TPSA) is 12.5 Å². The molecular formula is C50H33N3. The Morgan fingerprint density at radius 3 is 1.49 bits per heavy atom. The highest BCUT2D eigenvalue weighted by Crippen LogP contribution is 2.58. The minimum atomic E-state index is -0.559. The molecule has 0 unspecified atom stereocenters. The van der Waals surface area contributed by atoms with Crippen molar-refractivity contribution >= 4 is 44.6 Å². The van der Waals surface area contributed by atoms with Crippen LogP contribution in [-0.2, 0) is 5.41 Å². The second kappa shape index (κ2) is 12.3. The summed E-state index contributed by atoms with van der Waals surface area (Å²) in [5.74, 6) is 0. The third-order valence-corrected chi connectivity index (χ3v) is 10.8. The fourth-order valence-electron chi connectivity index (χ4n) is 8.71. The van der Waals surface area contributed by atoms with Crippen LogP contribution < -0.4 is 4.90 Å². The highest BCUT2D eigenvalue weighted by atomic mass is 15.2. The molecule has 0 saturated heterocycles. The molecule has 9 aromatic rings. The third kappa shape index (κ3) is 4.60. The second-order valence-corrected chi connectivity index (χ2v) is 13.6. The lowest BCUT2D eigenvalue weighted by molar-refractivity contribution is 0.731. The van der Waals surface area contributed by atoms with Crippen LogP contribution in [0.2, 0.25) is 0 Å². The fourth-order valence-corrected chi connectivity index (χ4v) is 8.71. The van der Waals surface area contributed by atoms with Crippen molar-refractivity contribution in [3.8, 4) is 16.8 Å². The number of anilines is 3. The summed E-state index contributed by atoms with van der Waals surface area (Å²) in [6.45, 7) is 8.10. The van der Waals surface area contributed by atoms with Crippen molar-refractivity contribution in [1.29, 1.82) is 0 Å². The predicted octanol–water partition coefficient (Wildman–Crippen LogP) is 13.2. The quantitative estimate of drug-likeness (QED) is 0.165. The van der Waals surface area contributed by atoms with Crippen LogP contribution in [0.4, 0.5) is 22.7 Å². The minimum Gasteiger partial charge on any atom is -0.310 e. The number of para-hydroxylation sites is 5. The Morgan fingerprint density at radius 1 is 0.434 bits per heavy atom. The van der Waals surface area contributed by atoms with E-state index in [2.05, 4.69) is 196 Å². The molecule has 1 aliphatic rings. The van der Waals surface area contributed by atoms with Crippen molar-refractivity contribution in [2.24, 2.45) is 0 Å². The molecule has 2 heterocycles. The molecule has 0 amide bonds. The molecule has 53 heavy (non-hydrogen) atoms. The van der Waals surface area contributed by atoms with Gasteiger partial charge in [-0.25, -0.2) is 4.85 Å².